The summed E-state index contributed by atoms with van der Waals surface area (Å²) >= 11 is 1.34. The highest BCUT2D eigenvalue weighted by Crippen LogP contribution is 2.19. The van der Waals surface area contributed by atoms with E-state index in [1.807, 2.05) is 13.8 Å². The molecular formula is C17H28N6O2S. The number of carbonyl (C=O) groups is 2. The van der Waals surface area contributed by atoms with E-state index in [2.05, 4.69) is 25.5 Å². The number of nitrogens with zero attached hydrogens (tertiary/aromatic N) is 3. The molecule has 1 aromatic heterocycles. The van der Waals surface area contributed by atoms with E-state index in [-0.39, 0.29) is 17.7 Å². The van der Waals surface area contributed by atoms with Crippen molar-refractivity contribution >= 4 is 29.1 Å². The Hall–Kier alpha value is -2.16. The molecule has 0 aromatic carbocycles. The minimum atomic E-state index is -0.250. The summed E-state index contributed by atoms with van der Waals surface area (Å²) in [5.41, 5.74) is 7.75. The Labute approximate surface area is 158 Å². The van der Waals surface area contributed by atoms with Crippen molar-refractivity contribution in [3.05, 3.63) is 16.1 Å². The van der Waals surface area contributed by atoms with E-state index in [4.69, 9.17) is 5.73 Å². The maximum absolute atomic E-state index is 12.1. The average molecular weight is 381 g/mol. The topological polar surface area (TPSA) is 113 Å². The van der Waals surface area contributed by atoms with Gasteiger partial charge in [0.25, 0.3) is 5.91 Å². The van der Waals surface area contributed by atoms with Crippen molar-refractivity contribution < 1.29 is 9.59 Å². The summed E-state index contributed by atoms with van der Waals surface area (Å²) in [6, 6.07) is 0. The normalized spacial score (nSPS) is 17.8. The zero-order chi connectivity index (χ0) is 18.9. The SMILES string of the molecule is CCNC(=NCCNC(=O)c1scnc1C)N1CCCC(CC(N)=O)C1. The van der Waals surface area contributed by atoms with Crippen LogP contribution in [0.25, 0.3) is 0 Å². The fourth-order valence-electron chi connectivity index (χ4n) is 3.07. The van der Waals surface area contributed by atoms with E-state index < -0.39 is 0 Å². The van der Waals surface area contributed by atoms with Gasteiger partial charge in [0, 0.05) is 32.6 Å². The molecule has 4 N–H and O–H groups in total. The maximum atomic E-state index is 12.1. The molecule has 1 aliphatic heterocycles. The second-order valence-corrected chi connectivity index (χ2v) is 7.24. The fourth-order valence-corrected chi connectivity index (χ4v) is 3.78. The van der Waals surface area contributed by atoms with Gasteiger partial charge in [-0.1, -0.05) is 0 Å². The average Bonchev–Trinajstić information content (AvgIpc) is 3.03. The number of hydrogen-bond acceptors (Lipinski definition) is 5. The van der Waals surface area contributed by atoms with Crippen molar-refractivity contribution in [3.63, 3.8) is 0 Å². The molecule has 1 aliphatic rings. The third-order valence-electron chi connectivity index (χ3n) is 4.25. The van der Waals surface area contributed by atoms with Crippen LogP contribution in [0, 0.1) is 12.8 Å². The van der Waals surface area contributed by atoms with Crippen LogP contribution >= 0.6 is 11.3 Å². The number of nitrogens with two attached hydrogens (primary N) is 1. The number of amides is 2. The molecule has 2 heterocycles. The van der Waals surface area contributed by atoms with Crippen LogP contribution in [-0.2, 0) is 4.79 Å². The number of nitrogens with one attached hydrogen (secondary N) is 2. The molecule has 1 fully saturated rings. The van der Waals surface area contributed by atoms with Crippen molar-refractivity contribution in [1.29, 1.82) is 0 Å². The first kappa shape index (κ1) is 20.2. The first-order valence-corrected chi connectivity index (χ1v) is 9.89. The Bertz CT molecular complexity index is 645. The Morgan fingerprint density at radius 2 is 2.27 bits per heavy atom. The van der Waals surface area contributed by atoms with Crippen molar-refractivity contribution in [1.82, 2.24) is 20.5 Å². The standard InChI is InChI=1S/C17H28N6O2S/c1-3-19-17(23-8-4-5-13(10-23)9-14(18)24)21-7-6-20-16(25)15-12(2)22-11-26-15/h11,13H,3-10H2,1-2H3,(H2,18,24)(H,19,21)(H,20,25). The van der Waals surface area contributed by atoms with Gasteiger partial charge in [-0.3, -0.25) is 14.6 Å². The second-order valence-electron chi connectivity index (χ2n) is 6.38. The van der Waals surface area contributed by atoms with Crippen LogP contribution in [0.1, 0.15) is 41.6 Å². The molecule has 0 bridgehead atoms. The number of carbonyl (C=O) groups excluding carboxylic acids is 2. The Kier molecular flexibility index (Phi) is 7.83. The molecule has 1 unspecified atom stereocenters. The molecule has 144 valence electrons. The summed E-state index contributed by atoms with van der Waals surface area (Å²) in [5.74, 6) is 0.744. The Balaban J connectivity index is 1.86. The first-order valence-electron chi connectivity index (χ1n) is 9.01. The van der Waals surface area contributed by atoms with Gasteiger partial charge in [-0.25, -0.2) is 4.98 Å². The molecule has 0 spiro atoms. The number of piperidine rings is 1. The smallest absolute Gasteiger partial charge is 0.263 e. The van der Waals surface area contributed by atoms with Gasteiger partial charge in [0.1, 0.15) is 4.88 Å². The highest BCUT2D eigenvalue weighted by molar-refractivity contribution is 7.11. The Morgan fingerprint density at radius 1 is 1.46 bits per heavy atom. The largest absolute Gasteiger partial charge is 0.370 e. The number of aromatic nitrogens is 1. The van der Waals surface area contributed by atoms with Crippen LogP contribution in [-0.4, -0.2) is 60.4 Å². The molecule has 26 heavy (non-hydrogen) atoms. The summed E-state index contributed by atoms with van der Waals surface area (Å²) in [7, 11) is 0. The summed E-state index contributed by atoms with van der Waals surface area (Å²) in [4.78, 5) is 34.8. The van der Waals surface area contributed by atoms with Crippen LogP contribution in [0.2, 0.25) is 0 Å². The number of guanidine groups is 1. The number of rotatable bonds is 7. The van der Waals surface area contributed by atoms with E-state index in [1.54, 1.807) is 5.51 Å². The molecule has 8 nitrogen and oxygen atoms in total. The van der Waals surface area contributed by atoms with Crippen LogP contribution in [0.3, 0.4) is 0 Å². The van der Waals surface area contributed by atoms with Crippen LogP contribution in [0.4, 0.5) is 0 Å². The van der Waals surface area contributed by atoms with Gasteiger partial charge in [0.05, 0.1) is 17.7 Å². The van der Waals surface area contributed by atoms with Gasteiger partial charge in [-0.05, 0) is 32.6 Å². The fraction of sp³-hybridized carbons (Fsp3) is 0.647. The lowest BCUT2D eigenvalue weighted by Gasteiger charge is -2.34. The first-order chi connectivity index (χ1) is 12.5. The highest BCUT2D eigenvalue weighted by Gasteiger charge is 2.23. The number of likely N-dealkylation sites (tertiary alicyclic amines) is 1. The molecule has 1 saturated heterocycles. The van der Waals surface area contributed by atoms with Gasteiger partial charge in [0.2, 0.25) is 5.91 Å². The van der Waals surface area contributed by atoms with Gasteiger partial charge in [-0.2, -0.15) is 0 Å². The number of aryl methyl sites for hydroxylation is 1. The molecule has 0 radical (unpaired) electrons. The molecule has 2 amide bonds. The molecule has 9 heteroatoms. The molecule has 2 rings (SSSR count). The Morgan fingerprint density at radius 3 is 2.92 bits per heavy atom. The van der Waals surface area contributed by atoms with Crippen LogP contribution in [0.15, 0.2) is 10.5 Å². The van der Waals surface area contributed by atoms with Crippen LogP contribution in [0.5, 0.6) is 0 Å². The molecule has 1 aromatic rings. The van der Waals surface area contributed by atoms with Crippen molar-refractivity contribution in [2.45, 2.75) is 33.1 Å². The summed E-state index contributed by atoms with van der Waals surface area (Å²) < 4.78 is 0. The summed E-state index contributed by atoms with van der Waals surface area (Å²) in [6.45, 7) is 7.25. The van der Waals surface area contributed by atoms with E-state index in [0.717, 1.165) is 44.1 Å². The monoisotopic (exact) mass is 380 g/mol. The predicted octanol–water partition coefficient (Wildman–Crippen LogP) is 0.734. The van der Waals surface area contributed by atoms with E-state index in [0.29, 0.717) is 24.4 Å². The van der Waals surface area contributed by atoms with E-state index >= 15 is 0 Å². The molecule has 1 atom stereocenters. The predicted molar refractivity (Wildman–Crippen MR) is 103 cm³/mol. The zero-order valence-corrected chi connectivity index (χ0v) is 16.3. The minimum absolute atomic E-state index is 0.107. The van der Waals surface area contributed by atoms with Crippen molar-refractivity contribution in [2.24, 2.45) is 16.6 Å². The third-order valence-corrected chi connectivity index (χ3v) is 5.18. The second kappa shape index (κ2) is 10.1. The summed E-state index contributed by atoms with van der Waals surface area (Å²) in [6.07, 6.45) is 2.45. The van der Waals surface area contributed by atoms with Gasteiger partial charge >= 0.3 is 0 Å². The third kappa shape index (κ3) is 5.98. The lowest BCUT2D eigenvalue weighted by Crippen LogP contribution is -2.47. The van der Waals surface area contributed by atoms with Gasteiger partial charge in [-0.15, -0.1) is 11.3 Å². The van der Waals surface area contributed by atoms with Crippen molar-refractivity contribution in [2.75, 3.05) is 32.7 Å². The van der Waals surface area contributed by atoms with E-state index in [1.165, 1.54) is 11.3 Å². The zero-order valence-electron chi connectivity index (χ0n) is 15.5. The number of thiazole rings is 1. The molecular weight excluding hydrogens is 352 g/mol. The molecule has 0 aliphatic carbocycles. The number of hydrogen-bond donors (Lipinski definition) is 3. The van der Waals surface area contributed by atoms with Gasteiger partial charge < -0.3 is 21.3 Å². The van der Waals surface area contributed by atoms with Crippen molar-refractivity contribution in [3.8, 4) is 0 Å². The molecule has 0 saturated carbocycles. The number of aliphatic imine (C=N–C) groups is 1. The lowest BCUT2D eigenvalue weighted by molar-refractivity contribution is -0.119. The summed E-state index contributed by atoms with van der Waals surface area (Å²) in [5, 5.41) is 6.17. The lowest BCUT2D eigenvalue weighted by atomic mass is 9.95. The maximum Gasteiger partial charge on any atom is 0.263 e. The minimum Gasteiger partial charge on any atom is -0.370 e. The van der Waals surface area contributed by atoms with E-state index in [9.17, 15) is 9.59 Å². The van der Waals surface area contributed by atoms with Gasteiger partial charge in [0.15, 0.2) is 5.96 Å². The van der Waals surface area contributed by atoms with Crippen LogP contribution < -0.4 is 16.4 Å². The highest BCUT2D eigenvalue weighted by atomic mass is 32.1. The quantitative estimate of drug-likeness (QED) is 0.367. The number of primary amides is 1.